The van der Waals surface area contributed by atoms with E-state index < -0.39 is 0 Å². The molecule has 0 amide bonds. The molecule has 0 aromatic rings. The molecule has 4 heavy (non-hydrogen) atoms. The molecule has 0 nitrogen and oxygen atoms in total. The zero-order valence-electron chi connectivity index (χ0n) is 1.50. The van der Waals surface area contributed by atoms with E-state index in [-0.39, 0.29) is 59.9 Å². The molecule has 0 spiro atoms. The van der Waals surface area contributed by atoms with Crippen molar-refractivity contribution in [2.75, 3.05) is 0 Å². The Morgan fingerprint density at radius 2 is 1.00 bits per heavy atom. The summed E-state index contributed by atoms with van der Waals surface area (Å²) >= 11 is 0. The molecule has 0 saturated heterocycles. The van der Waals surface area contributed by atoms with Crippen LogP contribution in [0.2, 0.25) is 0 Å². The topological polar surface area (TPSA) is 0 Å². The van der Waals surface area contributed by atoms with Crippen LogP contribution in [-0.2, 0) is 0 Å². The van der Waals surface area contributed by atoms with Gasteiger partial charge in [-0.25, -0.2) is 0 Å². The standard InChI is InChI=1S/C.Ge.H4Si.Sn/h;;1H4;. The zero-order valence-corrected chi connectivity index (χ0v) is 6.45. The summed E-state index contributed by atoms with van der Waals surface area (Å²) < 4.78 is 0. The van der Waals surface area contributed by atoms with Gasteiger partial charge in [0.05, 0.1) is 0 Å². The molecule has 0 heterocycles. The fraction of sp³-hybridized carbons (Fsp3) is 0. The van der Waals surface area contributed by atoms with Crippen molar-refractivity contribution in [3.63, 3.8) is 0 Å². The fourth-order valence-corrected chi connectivity index (χ4v) is 0. The van der Waals surface area contributed by atoms with E-state index in [1.165, 1.54) is 0 Å². The van der Waals surface area contributed by atoms with Gasteiger partial charge in [0.2, 0.25) is 0 Å². The van der Waals surface area contributed by atoms with Gasteiger partial charge in [0.25, 0.3) is 0 Å². The SMILES string of the molecule is [C].[Ge].[SiH4].[Sn]. The zero-order chi connectivity index (χ0) is 0. The predicted molar refractivity (Wildman–Crippen MR) is 26.1 cm³/mol. The van der Waals surface area contributed by atoms with Crippen molar-refractivity contribution in [3.05, 3.63) is 7.43 Å². The first-order valence-corrected chi connectivity index (χ1v) is 0. The summed E-state index contributed by atoms with van der Waals surface area (Å²) in [4.78, 5) is 0. The van der Waals surface area contributed by atoms with Crippen molar-refractivity contribution in [2.45, 2.75) is 0 Å². The van der Waals surface area contributed by atoms with Gasteiger partial charge in [0.15, 0.2) is 0 Å². The van der Waals surface area contributed by atoms with E-state index in [4.69, 9.17) is 0 Å². The molecule has 0 aliphatic heterocycles. The van der Waals surface area contributed by atoms with Gasteiger partial charge in [0, 0.05) is 48.9 Å². The van der Waals surface area contributed by atoms with Crippen LogP contribution < -0.4 is 0 Å². The largest absolute Gasteiger partial charge is 0.0149 e. The monoisotopic (exact) mass is 238 g/mol. The van der Waals surface area contributed by atoms with E-state index in [2.05, 4.69) is 0 Å². The Labute approximate surface area is 59.7 Å². The third-order valence-corrected chi connectivity index (χ3v) is 0. The van der Waals surface area contributed by atoms with Gasteiger partial charge in [-0.1, -0.05) is 0 Å². The van der Waals surface area contributed by atoms with Crippen LogP contribution >= 0.6 is 0 Å². The molecule has 0 aromatic carbocycles. The third-order valence-electron chi connectivity index (χ3n) is 0. The molecule has 0 fully saturated rings. The van der Waals surface area contributed by atoms with E-state index >= 15 is 0 Å². The van der Waals surface area contributed by atoms with E-state index in [1.807, 2.05) is 0 Å². The Balaban J connectivity index is 0. The molecular weight excluding hydrogens is 231 g/mol. The van der Waals surface area contributed by atoms with Gasteiger partial charge in [-0.15, -0.1) is 0 Å². The second kappa shape index (κ2) is 23.8. The molecule has 0 rings (SSSR count). The van der Waals surface area contributed by atoms with Gasteiger partial charge in [-0.2, -0.15) is 0 Å². The quantitative estimate of drug-likeness (QED) is 0.421. The van der Waals surface area contributed by atoms with Crippen LogP contribution in [0.1, 0.15) is 0 Å². The van der Waals surface area contributed by atoms with Crippen LogP contribution in [0.15, 0.2) is 0 Å². The summed E-state index contributed by atoms with van der Waals surface area (Å²) in [5, 5.41) is 0. The van der Waals surface area contributed by atoms with Crippen molar-refractivity contribution in [2.24, 2.45) is 0 Å². The normalized spacial score (nSPS) is 0. The molecule has 0 N–H and O–H groups in total. The second-order valence-corrected chi connectivity index (χ2v) is 0. The first-order valence-electron chi connectivity index (χ1n) is 0. The van der Waals surface area contributed by atoms with Crippen molar-refractivity contribution < 1.29 is 0 Å². The van der Waals surface area contributed by atoms with Crippen LogP contribution in [0.5, 0.6) is 0 Å². The molecule has 0 aliphatic carbocycles. The maximum absolute atomic E-state index is 0. The second-order valence-electron chi connectivity index (χ2n) is 0. The van der Waals surface area contributed by atoms with Crippen LogP contribution in [0, 0.1) is 7.43 Å². The summed E-state index contributed by atoms with van der Waals surface area (Å²) in [6, 6.07) is 0. The first-order chi connectivity index (χ1) is 0. The van der Waals surface area contributed by atoms with Gasteiger partial charge < -0.3 is 0 Å². The van der Waals surface area contributed by atoms with Crippen LogP contribution in [-0.4, -0.2) is 52.5 Å². The molecule has 12 radical (unpaired) electrons. The molecule has 0 bridgehead atoms. The maximum Gasteiger partial charge on any atom is 0 e. The van der Waals surface area contributed by atoms with Gasteiger partial charge in [0.1, 0.15) is 0 Å². The molecule has 0 saturated carbocycles. The Bertz CT molecular complexity index is 8.00. The van der Waals surface area contributed by atoms with Gasteiger partial charge in [-0.05, 0) is 11.0 Å². The first kappa shape index (κ1) is 47.6. The van der Waals surface area contributed by atoms with E-state index in [0.717, 1.165) is 0 Å². The van der Waals surface area contributed by atoms with E-state index in [1.54, 1.807) is 0 Å². The third kappa shape index (κ3) is 9.59. The molecular formula is CH4GeSiSn. The Kier molecular flexibility index (Phi) is 283. The summed E-state index contributed by atoms with van der Waals surface area (Å²) in [5.41, 5.74) is 0. The Morgan fingerprint density at radius 3 is 1.00 bits per heavy atom. The summed E-state index contributed by atoms with van der Waals surface area (Å²) in [7, 11) is 0. The van der Waals surface area contributed by atoms with Crippen molar-refractivity contribution in [1.29, 1.82) is 0 Å². The Morgan fingerprint density at radius 1 is 1.00 bits per heavy atom. The van der Waals surface area contributed by atoms with Crippen LogP contribution in [0.25, 0.3) is 0 Å². The summed E-state index contributed by atoms with van der Waals surface area (Å²) in [6.07, 6.45) is 0. The van der Waals surface area contributed by atoms with Crippen LogP contribution in [0.3, 0.4) is 0 Å². The Hall–Kier alpha value is 1.56. The summed E-state index contributed by atoms with van der Waals surface area (Å²) in [6.45, 7) is 0. The molecule has 0 aliphatic rings. The molecule has 0 aromatic heterocycles. The molecule has 20 valence electrons. The minimum atomic E-state index is 0. The minimum Gasteiger partial charge on any atom is -0.0149 e. The smallest absolute Gasteiger partial charge is 0 e. The summed E-state index contributed by atoms with van der Waals surface area (Å²) in [5.74, 6) is 0. The molecule has 0 unspecified atom stereocenters. The molecule has 0 atom stereocenters. The van der Waals surface area contributed by atoms with E-state index in [0.29, 0.717) is 0 Å². The number of hydrogen-bond acceptors (Lipinski definition) is 0. The molecule has 3 heteroatoms. The number of rotatable bonds is 0. The van der Waals surface area contributed by atoms with Gasteiger partial charge in [-0.3, -0.25) is 0 Å². The number of hydrogen-bond donors (Lipinski definition) is 0. The minimum absolute atomic E-state index is 0. The van der Waals surface area contributed by atoms with Crippen molar-refractivity contribution in [3.8, 4) is 0 Å². The van der Waals surface area contributed by atoms with Crippen molar-refractivity contribution in [1.82, 2.24) is 0 Å². The van der Waals surface area contributed by atoms with E-state index in [9.17, 15) is 0 Å². The average molecular weight is 235 g/mol. The van der Waals surface area contributed by atoms with Crippen molar-refractivity contribution >= 4 is 52.5 Å². The predicted octanol–water partition coefficient (Wildman–Crippen LogP) is -2.13. The van der Waals surface area contributed by atoms with Gasteiger partial charge >= 0.3 is 0 Å². The maximum atomic E-state index is 0. The average Bonchev–Trinajstić information content (AvgIpc) is 0. The van der Waals surface area contributed by atoms with Crippen LogP contribution in [0.4, 0.5) is 0 Å². The fourth-order valence-electron chi connectivity index (χ4n) is 0.